The van der Waals surface area contributed by atoms with E-state index in [1.54, 1.807) is 18.5 Å². The van der Waals surface area contributed by atoms with E-state index in [0.29, 0.717) is 16.6 Å². The molecule has 0 fully saturated rings. The van der Waals surface area contributed by atoms with Gasteiger partial charge in [-0.05, 0) is 28.4 Å². The van der Waals surface area contributed by atoms with Gasteiger partial charge in [-0.2, -0.15) is 0 Å². The molecule has 1 aromatic heterocycles. The highest BCUT2D eigenvalue weighted by molar-refractivity contribution is 9.10. The van der Waals surface area contributed by atoms with Crippen molar-refractivity contribution >= 4 is 31.6 Å². The van der Waals surface area contributed by atoms with Gasteiger partial charge in [-0.25, -0.2) is 8.42 Å². The average Bonchev–Trinajstić information content (AvgIpc) is 2.18. The fraction of sp³-hybridized carbons (Fsp3) is 0.444. The smallest absolute Gasteiger partial charge is 0.232 e. The maximum atomic E-state index is 11.6. The van der Waals surface area contributed by atoms with Crippen LogP contribution in [0.15, 0.2) is 22.9 Å². The summed E-state index contributed by atoms with van der Waals surface area (Å²) in [5, 5.41) is 0. The molecule has 0 atom stereocenters. The number of nitrogens with zero attached hydrogens (tertiary/aromatic N) is 1. The molecule has 0 aliphatic carbocycles. The van der Waals surface area contributed by atoms with Crippen molar-refractivity contribution in [3.63, 3.8) is 0 Å². The Morgan fingerprint density at radius 1 is 1.53 bits per heavy atom. The lowest BCUT2D eigenvalue weighted by molar-refractivity contribution is 0.598. The van der Waals surface area contributed by atoms with Crippen molar-refractivity contribution in [2.24, 2.45) is 0 Å². The molecule has 0 aliphatic rings. The summed E-state index contributed by atoms with van der Waals surface area (Å²) in [6.07, 6.45) is 4.62. The monoisotopic (exact) mass is 292 g/mol. The number of aromatic nitrogens is 1. The number of unbranched alkanes of at least 4 members (excludes halogenated alkanes) is 1. The predicted octanol–water partition coefficient (Wildman–Crippen LogP) is 2.39. The van der Waals surface area contributed by atoms with Crippen LogP contribution in [0.2, 0.25) is 0 Å². The first-order chi connectivity index (χ1) is 7.05. The Kier molecular flexibility index (Phi) is 4.53. The lowest BCUT2D eigenvalue weighted by Gasteiger charge is -2.08. The van der Waals surface area contributed by atoms with Crippen molar-refractivity contribution < 1.29 is 8.42 Å². The summed E-state index contributed by atoms with van der Waals surface area (Å²) in [6, 6.07) is 1.62. The van der Waals surface area contributed by atoms with Gasteiger partial charge in [-0.15, -0.1) is 0 Å². The predicted molar refractivity (Wildman–Crippen MR) is 64.3 cm³/mol. The van der Waals surface area contributed by atoms with Gasteiger partial charge in [0.05, 0.1) is 15.9 Å². The van der Waals surface area contributed by atoms with E-state index < -0.39 is 10.0 Å². The molecule has 1 N–H and O–H groups in total. The Bertz CT molecular complexity index is 420. The molecule has 0 saturated carbocycles. The molecule has 0 aromatic carbocycles. The Hall–Kier alpha value is -0.620. The van der Waals surface area contributed by atoms with Crippen LogP contribution in [-0.4, -0.2) is 19.2 Å². The highest BCUT2D eigenvalue weighted by Crippen LogP contribution is 2.21. The Morgan fingerprint density at radius 2 is 2.27 bits per heavy atom. The van der Waals surface area contributed by atoms with Gasteiger partial charge in [-0.1, -0.05) is 13.3 Å². The molecule has 1 heterocycles. The van der Waals surface area contributed by atoms with Gasteiger partial charge in [0.2, 0.25) is 10.0 Å². The van der Waals surface area contributed by atoms with Crippen molar-refractivity contribution in [2.45, 2.75) is 19.8 Å². The molecule has 0 radical (unpaired) electrons. The first kappa shape index (κ1) is 12.4. The van der Waals surface area contributed by atoms with E-state index in [-0.39, 0.29) is 5.75 Å². The molecule has 1 aromatic rings. The van der Waals surface area contributed by atoms with Gasteiger partial charge in [0.25, 0.3) is 0 Å². The Morgan fingerprint density at radius 3 is 2.87 bits per heavy atom. The molecular weight excluding hydrogens is 280 g/mol. The maximum Gasteiger partial charge on any atom is 0.232 e. The molecule has 0 aliphatic heterocycles. The van der Waals surface area contributed by atoms with Crippen LogP contribution in [0.25, 0.3) is 0 Å². The first-order valence-corrected chi connectivity index (χ1v) is 7.09. The van der Waals surface area contributed by atoms with E-state index in [1.807, 2.05) is 6.92 Å². The van der Waals surface area contributed by atoms with E-state index in [2.05, 4.69) is 25.6 Å². The highest BCUT2D eigenvalue weighted by atomic mass is 79.9. The number of hydrogen-bond donors (Lipinski definition) is 1. The van der Waals surface area contributed by atoms with Crippen molar-refractivity contribution in [3.8, 4) is 0 Å². The number of sulfonamides is 1. The molecular formula is C9H13BrN2O2S. The van der Waals surface area contributed by atoms with Gasteiger partial charge in [-0.3, -0.25) is 9.71 Å². The van der Waals surface area contributed by atoms with Crippen LogP contribution in [0, 0.1) is 0 Å². The van der Waals surface area contributed by atoms with Crippen molar-refractivity contribution in [3.05, 3.63) is 22.9 Å². The second-order valence-corrected chi connectivity index (χ2v) is 5.83. The molecule has 0 saturated heterocycles. The van der Waals surface area contributed by atoms with Gasteiger partial charge < -0.3 is 0 Å². The zero-order valence-electron chi connectivity index (χ0n) is 8.40. The molecule has 1 rings (SSSR count). The summed E-state index contributed by atoms with van der Waals surface area (Å²) in [5.41, 5.74) is 0.529. The van der Waals surface area contributed by atoms with Gasteiger partial charge in [0, 0.05) is 12.4 Å². The van der Waals surface area contributed by atoms with Gasteiger partial charge >= 0.3 is 0 Å². The number of hydrogen-bond acceptors (Lipinski definition) is 3. The minimum atomic E-state index is -3.23. The summed E-state index contributed by atoms with van der Waals surface area (Å²) < 4.78 is 26.3. The summed E-state index contributed by atoms with van der Waals surface area (Å²) in [5.74, 6) is 0.151. The Labute approximate surface area is 98.3 Å². The van der Waals surface area contributed by atoms with Crippen LogP contribution in [-0.2, 0) is 10.0 Å². The van der Waals surface area contributed by atoms with E-state index >= 15 is 0 Å². The number of rotatable bonds is 5. The fourth-order valence-corrected chi connectivity index (χ4v) is 2.78. The summed E-state index contributed by atoms with van der Waals surface area (Å²) in [4.78, 5) is 3.86. The van der Waals surface area contributed by atoms with Crippen molar-refractivity contribution in [1.29, 1.82) is 0 Å². The van der Waals surface area contributed by atoms with E-state index in [0.717, 1.165) is 6.42 Å². The fourth-order valence-electron chi connectivity index (χ4n) is 1.01. The van der Waals surface area contributed by atoms with Crippen LogP contribution in [0.3, 0.4) is 0 Å². The average molecular weight is 293 g/mol. The Balaban J connectivity index is 2.74. The van der Waals surface area contributed by atoms with Crippen LogP contribution in [0.5, 0.6) is 0 Å². The molecule has 0 amide bonds. The largest absolute Gasteiger partial charge is 0.282 e. The third-order valence-electron chi connectivity index (χ3n) is 1.80. The van der Waals surface area contributed by atoms with E-state index in [1.165, 1.54) is 0 Å². The summed E-state index contributed by atoms with van der Waals surface area (Å²) in [6.45, 7) is 1.96. The third-order valence-corrected chi connectivity index (χ3v) is 3.79. The molecule has 0 bridgehead atoms. The van der Waals surface area contributed by atoms with Gasteiger partial charge in [0.15, 0.2) is 0 Å². The molecule has 0 spiro atoms. The number of halogens is 1. The molecule has 84 valence electrons. The summed E-state index contributed by atoms with van der Waals surface area (Å²) in [7, 11) is -3.23. The van der Waals surface area contributed by atoms with E-state index in [4.69, 9.17) is 0 Å². The SMILES string of the molecule is CCCCS(=O)(=O)Nc1ccncc1Br. The number of anilines is 1. The number of nitrogens with one attached hydrogen (secondary N) is 1. The van der Waals surface area contributed by atoms with E-state index in [9.17, 15) is 8.42 Å². The van der Waals surface area contributed by atoms with Crippen molar-refractivity contribution in [2.75, 3.05) is 10.5 Å². The molecule has 15 heavy (non-hydrogen) atoms. The zero-order valence-corrected chi connectivity index (χ0v) is 10.8. The standard InChI is InChI=1S/C9H13BrN2O2S/c1-2-3-6-15(13,14)12-9-4-5-11-7-8(9)10/h4-5,7H,2-3,6H2,1H3,(H,11,12). The minimum Gasteiger partial charge on any atom is -0.282 e. The summed E-state index contributed by atoms with van der Waals surface area (Å²) >= 11 is 3.23. The number of pyridine rings is 1. The molecule has 4 nitrogen and oxygen atoms in total. The molecule has 6 heteroatoms. The normalized spacial score (nSPS) is 11.3. The first-order valence-electron chi connectivity index (χ1n) is 4.65. The van der Waals surface area contributed by atoms with Crippen LogP contribution < -0.4 is 4.72 Å². The zero-order chi connectivity index (χ0) is 11.3. The van der Waals surface area contributed by atoms with Crippen LogP contribution >= 0.6 is 15.9 Å². The quantitative estimate of drug-likeness (QED) is 0.906. The van der Waals surface area contributed by atoms with Gasteiger partial charge in [0.1, 0.15) is 0 Å². The van der Waals surface area contributed by atoms with Crippen LogP contribution in [0.4, 0.5) is 5.69 Å². The second-order valence-electron chi connectivity index (χ2n) is 3.13. The highest BCUT2D eigenvalue weighted by Gasteiger charge is 2.10. The third kappa shape index (κ3) is 4.17. The topological polar surface area (TPSA) is 59.1 Å². The lowest BCUT2D eigenvalue weighted by Crippen LogP contribution is -2.16. The molecule has 0 unspecified atom stereocenters. The van der Waals surface area contributed by atoms with Crippen LogP contribution in [0.1, 0.15) is 19.8 Å². The lowest BCUT2D eigenvalue weighted by atomic mass is 10.4. The maximum absolute atomic E-state index is 11.6. The van der Waals surface area contributed by atoms with Crippen molar-refractivity contribution in [1.82, 2.24) is 4.98 Å². The minimum absolute atomic E-state index is 0.151. The second kappa shape index (κ2) is 5.46.